The number of alkyl halides is 6. The predicted molar refractivity (Wildman–Crippen MR) is 163 cm³/mol. The van der Waals surface area contributed by atoms with E-state index in [2.05, 4.69) is 41.5 Å². The van der Waals surface area contributed by atoms with Gasteiger partial charge in [-0.2, -0.15) is 62.2 Å². The summed E-state index contributed by atoms with van der Waals surface area (Å²) in [6, 6.07) is 26.0. The summed E-state index contributed by atoms with van der Waals surface area (Å²) in [5, 5.41) is 2.44. The molecule has 0 aliphatic heterocycles. The number of halogens is 6. The van der Waals surface area contributed by atoms with Crippen LogP contribution < -0.4 is 15.9 Å². The molecule has 0 unspecified atom stereocenters. The molecular formula is C33H36F6FeP2. The molecule has 0 radical (unpaired) electrons. The van der Waals surface area contributed by atoms with Gasteiger partial charge in [0.05, 0.1) is 11.1 Å². The van der Waals surface area contributed by atoms with Gasteiger partial charge in [-0.15, -0.1) is 13.2 Å². The molecule has 228 valence electrons. The normalized spacial score (nSPS) is 12.6. The minimum atomic E-state index is -4.46. The average Bonchev–Trinajstić information content (AvgIpc) is 3.57. The molecule has 0 atom stereocenters. The number of hydrogen-bond acceptors (Lipinski definition) is 0. The zero-order chi connectivity index (χ0) is 30.6. The van der Waals surface area contributed by atoms with Gasteiger partial charge in [0, 0.05) is 0 Å². The smallest absolute Gasteiger partial charge is 0.214 e. The van der Waals surface area contributed by atoms with Crippen molar-refractivity contribution in [3.8, 4) is 0 Å². The summed E-state index contributed by atoms with van der Waals surface area (Å²) >= 11 is 0. The molecule has 9 heteroatoms. The Hall–Kier alpha value is -1.90. The third kappa shape index (κ3) is 9.81. The van der Waals surface area contributed by atoms with Crippen LogP contribution in [0.3, 0.4) is 0 Å². The van der Waals surface area contributed by atoms with Crippen molar-refractivity contribution in [1.82, 2.24) is 0 Å². The van der Waals surface area contributed by atoms with Gasteiger partial charge < -0.3 is 0 Å². The third-order valence-electron chi connectivity index (χ3n) is 6.53. The summed E-state index contributed by atoms with van der Waals surface area (Å²) in [6.45, 7) is 13.3. The molecule has 0 aliphatic carbocycles. The molecule has 0 fully saturated rings. The summed E-state index contributed by atoms with van der Waals surface area (Å²) < 4.78 is 79.2. The van der Waals surface area contributed by atoms with Crippen LogP contribution in [0.4, 0.5) is 26.3 Å². The summed E-state index contributed by atoms with van der Waals surface area (Å²) in [4.78, 5) is 0. The molecule has 42 heavy (non-hydrogen) atoms. The maximum atomic E-state index is 13.2. The Morgan fingerprint density at radius 3 is 1.31 bits per heavy atom. The van der Waals surface area contributed by atoms with Crippen LogP contribution in [0.5, 0.6) is 0 Å². The van der Waals surface area contributed by atoms with Crippen LogP contribution in [0, 0.1) is 0 Å². The van der Waals surface area contributed by atoms with E-state index in [9.17, 15) is 26.3 Å². The molecule has 0 spiro atoms. The first-order valence-corrected chi connectivity index (χ1v) is 16.1. The van der Waals surface area contributed by atoms with Gasteiger partial charge in [-0.3, -0.25) is 0 Å². The quantitative estimate of drug-likeness (QED) is 0.0863. The molecule has 4 aromatic carbocycles. The van der Waals surface area contributed by atoms with Gasteiger partial charge in [0.25, 0.3) is 0 Å². The Labute approximate surface area is 258 Å². The molecule has 0 aliphatic rings. The largest absolute Gasteiger partial charge is 2.00 e. The van der Waals surface area contributed by atoms with E-state index in [1.807, 2.05) is 48.5 Å². The zero-order valence-corrected chi connectivity index (χ0v) is 27.4. The van der Waals surface area contributed by atoms with Gasteiger partial charge in [0.15, 0.2) is 0 Å². The second kappa shape index (κ2) is 14.3. The van der Waals surface area contributed by atoms with Crippen LogP contribution in [-0.4, -0.2) is 10.3 Å². The Morgan fingerprint density at radius 2 is 1.00 bits per heavy atom. The monoisotopic (exact) mass is 664 g/mol. The van der Waals surface area contributed by atoms with Gasteiger partial charge in [-0.1, -0.05) is 72.0 Å². The fourth-order valence-electron chi connectivity index (χ4n) is 4.80. The van der Waals surface area contributed by atoms with E-state index in [1.165, 1.54) is 24.3 Å². The molecule has 0 N–H and O–H groups in total. The third-order valence-corrected chi connectivity index (χ3v) is 13.0. The molecular weight excluding hydrogens is 628 g/mol. The summed E-state index contributed by atoms with van der Waals surface area (Å²) in [5.41, 5.74) is -0.391. The van der Waals surface area contributed by atoms with E-state index in [-0.39, 0.29) is 27.4 Å². The second-order valence-electron chi connectivity index (χ2n) is 11.8. The molecule has 4 rings (SSSR count). The number of rotatable bonds is 5. The van der Waals surface area contributed by atoms with Gasteiger partial charge in [0.2, 0.25) is 0 Å². The van der Waals surface area contributed by atoms with Crippen molar-refractivity contribution in [1.29, 1.82) is 0 Å². The molecule has 4 aromatic rings. The van der Waals surface area contributed by atoms with Crippen molar-refractivity contribution < 1.29 is 43.4 Å². The van der Waals surface area contributed by atoms with E-state index >= 15 is 0 Å². The van der Waals surface area contributed by atoms with Crippen LogP contribution in [-0.2, 0) is 35.6 Å². The van der Waals surface area contributed by atoms with Crippen LogP contribution in [0.25, 0.3) is 0 Å². The van der Waals surface area contributed by atoms with Gasteiger partial charge >= 0.3 is 29.4 Å². The van der Waals surface area contributed by atoms with E-state index < -0.39 is 39.3 Å². The second-order valence-corrected chi connectivity index (χ2v) is 17.8. The molecule has 0 saturated carbocycles. The van der Waals surface area contributed by atoms with Crippen molar-refractivity contribution in [3.05, 3.63) is 114 Å². The maximum Gasteiger partial charge on any atom is 2.00 e. The molecule has 0 amide bonds. The van der Waals surface area contributed by atoms with Crippen LogP contribution in [0.2, 0.25) is 0 Å². The minimum absolute atomic E-state index is 0. The Kier molecular flexibility index (Phi) is 12.3. The van der Waals surface area contributed by atoms with E-state index in [0.29, 0.717) is 10.6 Å². The van der Waals surface area contributed by atoms with E-state index in [0.717, 1.165) is 41.3 Å². The summed E-state index contributed by atoms with van der Waals surface area (Å²) in [7, 11) is -1.85. The molecule has 0 saturated heterocycles. The van der Waals surface area contributed by atoms with Crippen molar-refractivity contribution in [2.75, 3.05) is 0 Å². The van der Waals surface area contributed by atoms with E-state index in [1.54, 1.807) is 0 Å². The van der Waals surface area contributed by atoms with Gasteiger partial charge in [0.1, 0.15) is 0 Å². The standard InChI is InChI=1S/C28H31F6P2.C5H5.Fe/c1-25(2,3)35(26(4,5)6)18-19-8-7-9-24(19)36(22-14-10-20(11-15-22)27(29,30)31)23-16-12-21(13-17-23)28(32,33)34;1-2-4-5-3-1;/h7-17H,18H2,1-6H3;1-5H;/q2*-1;+2. The fourth-order valence-corrected chi connectivity index (χ4v) is 10.9. The first-order chi connectivity index (χ1) is 18.9. The van der Waals surface area contributed by atoms with Crippen molar-refractivity contribution in [2.45, 2.75) is 70.4 Å². The summed E-state index contributed by atoms with van der Waals surface area (Å²) in [6.07, 6.45) is -8.10. The van der Waals surface area contributed by atoms with Gasteiger partial charge in [-0.05, 0) is 53.1 Å². The minimum Gasteiger partial charge on any atom is -0.214 e. The van der Waals surface area contributed by atoms with Crippen LogP contribution >= 0.6 is 15.8 Å². The first kappa shape index (κ1) is 36.3. The van der Waals surface area contributed by atoms with E-state index in [4.69, 9.17) is 0 Å². The molecule has 0 bridgehead atoms. The zero-order valence-electron chi connectivity index (χ0n) is 24.5. The Balaban J connectivity index is 0.000000927. The average molecular weight is 664 g/mol. The molecule has 0 heterocycles. The summed E-state index contributed by atoms with van der Waals surface area (Å²) in [5.74, 6) is 0. The molecule has 0 nitrogen and oxygen atoms in total. The fraction of sp³-hybridized carbons (Fsp3) is 0.333. The Morgan fingerprint density at radius 1 is 0.595 bits per heavy atom. The topological polar surface area (TPSA) is 0 Å². The van der Waals surface area contributed by atoms with Crippen molar-refractivity contribution in [2.24, 2.45) is 0 Å². The van der Waals surface area contributed by atoms with Crippen molar-refractivity contribution in [3.63, 3.8) is 0 Å². The Bertz CT molecular complexity index is 1250. The SMILES string of the molecule is CC(C)(C)P(Cc1cc[cH-]c1P(c1ccc(C(F)(F)F)cc1)c1ccc(C(F)(F)F)cc1)C(C)(C)C.[Fe+2].c1cc[cH-]c1. The first-order valence-electron chi connectivity index (χ1n) is 13.2. The van der Waals surface area contributed by atoms with Gasteiger partial charge in [-0.25, -0.2) is 18.2 Å². The predicted octanol–water partition coefficient (Wildman–Crippen LogP) is 10.2. The molecule has 0 aromatic heterocycles. The number of hydrogen-bond donors (Lipinski definition) is 0. The van der Waals surface area contributed by atoms with Crippen LogP contribution in [0.15, 0.2) is 97.1 Å². The maximum absolute atomic E-state index is 13.2. The van der Waals surface area contributed by atoms with Crippen molar-refractivity contribution >= 4 is 31.8 Å². The number of benzene rings is 2. The van der Waals surface area contributed by atoms with Crippen LogP contribution in [0.1, 0.15) is 58.2 Å².